The van der Waals surface area contributed by atoms with Crippen molar-refractivity contribution in [3.8, 4) is 11.5 Å². The number of likely N-dealkylation sites (tertiary alicyclic amines) is 1. The molecule has 0 atom stereocenters. The number of rotatable bonds is 6. The topological polar surface area (TPSA) is 69.5 Å². The van der Waals surface area contributed by atoms with E-state index in [4.69, 9.17) is 14.5 Å². The first-order chi connectivity index (χ1) is 14.6. The molecule has 3 aromatic rings. The Kier molecular flexibility index (Phi) is 5.88. The largest absolute Gasteiger partial charge is 0.493 e. The Morgan fingerprint density at radius 3 is 2.57 bits per heavy atom. The van der Waals surface area contributed by atoms with Gasteiger partial charge in [-0.25, -0.2) is 9.97 Å². The number of piperidine rings is 1. The van der Waals surface area contributed by atoms with Crippen LogP contribution in [0.15, 0.2) is 42.6 Å². The number of para-hydroxylation sites is 2. The van der Waals surface area contributed by atoms with Crippen molar-refractivity contribution in [1.29, 1.82) is 0 Å². The molecule has 0 aliphatic carbocycles. The van der Waals surface area contributed by atoms with Crippen LogP contribution in [0.2, 0.25) is 0 Å². The van der Waals surface area contributed by atoms with Crippen molar-refractivity contribution in [2.75, 3.05) is 20.2 Å². The first-order valence-electron chi connectivity index (χ1n) is 10.4. The average Bonchev–Trinajstić information content (AvgIpc) is 3.15. The van der Waals surface area contributed by atoms with Crippen LogP contribution in [0.25, 0.3) is 11.2 Å². The third-order valence-corrected chi connectivity index (χ3v) is 5.58. The van der Waals surface area contributed by atoms with Gasteiger partial charge in [-0.1, -0.05) is 26.0 Å². The maximum Gasteiger partial charge on any atom is 0.225 e. The number of benzene rings is 1. The Morgan fingerprint density at radius 2 is 1.87 bits per heavy atom. The number of amides is 1. The first-order valence-corrected chi connectivity index (χ1v) is 10.4. The van der Waals surface area contributed by atoms with Gasteiger partial charge in [0.15, 0.2) is 17.1 Å². The van der Waals surface area contributed by atoms with Gasteiger partial charge in [-0.2, -0.15) is 0 Å². The van der Waals surface area contributed by atoms with Crippen LogP contribution >= 0.6 is 0 Å². The number of carbonyl (C=O) groups excluding carboxylic acids is 1. The fraction of sp³-hybridized carbons (Fsp3) is 0.435. The number of ether oxygens (including phenoxy) is 2. The van der Waals surface area contributed by atoms with Crippen molar-refractivity contribution in [3.05, 3.63) is 48.4 Å². The van der Waals surface area contributed by atoms with Crippen LogP contribution in [0.3, 0.4) is 0 Å². The lowest BCUT2D eigenvalue weighted by atomic mass is 10.0. The van der Waals surface area contributed by atoms with E-state index in [0.29, 0.717) is 18.1 Å². The molecule has 3 heterocycles. The Balaban J connectivity index is 1.58. The predicted molar refractivity (Wildman–Crippen MR) is 115 cm³/mol. The summed E-state index contributed by atoms with van der Waals surface area (Å²) < 4.78 is 13.7. The van der Waals surface area contributed by atoms with Crippen LogP contribution in [0, 0.1) is 5.92 Å². The van der Waals surface area contributed by atoms with Crippen LogP contribution in [0.4, 0.5) is 0 Å². The van der Waals surface area contributed by atoms with Crippen LogP contribution in [-0.2, 0) is 11.4 Å². The SMILES string of the molecule is COc1ccccc1OCc1nc2cccnc2n1C1CCN(C(=O)C(C)C)CC1. The van der Waals surface area contributed by atoms with Gasteiger partial charge in [-0.3, -0.25) is 4.79 Å². The van der Waals surface area contributed by atoms with Gasteiger partial charge in [0.05, 0.1) is 7.11 Å². The summed E-state index contributed by atoms with van der Waals surface area (Å²) in [6.45, 7) is 5.73. The van der Waals surface area contributed by atoms with Crippen LogP contribution in [0.1, 0.15) is 38.6 Å². The summed E-state index contributed by atoms with van der Waals surface area (Å²) in [4.78, 5) is 23.7. The van der Waals surface area contributed by atoms with Gasteiger partial charge in [-0.05, 0) is 37.1 Å². The Hall–Kier alpha value is -3.09. The van der Waals surface area contributed by atoms with Gasteiger partial charge >= 0.3 is 0 Å². The van der Waals surface area contributed by atoms with E-state index < -0.39 is 0 Å². The van der Waals surface area contributed by atoms with E-state index >= 15 is 0 Å². The second kappa shape index (κ2) is 8.73. The van der Waals surface area contributed by atoms with E-state index in [2.05, 4.69) is 9.55 Å². The third kappa shape index (κ3) is 3.97. The highest BCUT2D eigenvalue weighted by Crippen LogP contribution is 2.31. The van der Waals surface area contributed by atoms with Gasteiger partial charge in [-0.15, -0.1) is 0 Å². The molecule has 1 amide bonds. The van der Waals surface area contributed by atoms with Crippen LogP contribution in [0.5, 0.6) is 11.5 Å². The zero-order chi connectivity index (χ0) is 21.1. The van der Waals surface area contributed by atoms with E-state index in [-0.39, 0.29) is 17.9 Å². The minimum absolute atomic E-state index is 0.0297. The molecular formula is C23H28N4O3. The number of fused-ring (bicyclic) bond motifs is 1. The Labute approximate surface area is 176 Å². The monoisotopic (exact) mass is 408 g/mol. The molecule has 2 aromatic heterocycles. The minimum Gasteiger partial charge on any atom is -0.493 e. The molecule has 1 aliphatic heterocycles. The Morgan fingerprint density at radius 1 is 1.13 bits per heavy atom. The van der Waals surface area contributed by atoms with Crippen LogP contribution < -0.4 is 9.47 Å². The second-order valence-corrected chi connectivity index (χ2v) is 7.89. The average molecular weight is 409 g/mol. The molecule has 1 saturated heterocycles. The molecule has 0 saturated carbocycles. The van der Waals surface area contributed by atoms with Crippen molar-refractivity contribution in [2.24, 2.45) is 5.92 Å². The van der Waals surface area contributed by atoms with Crippen molar-refractivity contribution in [2.45, 2.75) is 39.3 Å². The number of pyridine rings is 1. The lowest BCUT2D eigenvalue weighted by Gasteiger charge is -2.34. The summed E-state index contributed by atoms with van der Waals surface area (Å²) >= 11 is 0. The maximum absolute atomic E-state index is 12.4. The molecule has 7 heteroatoms. The summed E-state index contributed by atoms with van der Waals surface area (Å²) in [7, 11) is 1.63. The van der Waals surface area contributed by atoms with E-state index in [1.165, 1.54) is 0 Å². The molecule has 7 nitrogen and oxygen atoms in total. The number of nitrogens with zero attached hydrogens (tertiary/aromatic N) is 4. The lowest BCUT2D eigenvalue weighted by molar-refractivity contribution is -0.135. The number of aromatic nitrogens is 3. The normalized spacial score (nSPS) is 15.0. The smallest absolute Gasteiger partial charge is 0.225 e. The van der Waals surface area contributed by atoms with Gasteiger partial charge in [0.2, 0.25) is 5.91 Å². The molecule has 1 fully saturated rings. The van der Waals surface area contributed by atoms with E-state index in [9.17, 15) is 4.79 Å². The molecular weight excluding hydrogens is 380 g/mol. The highest BCUT2D eigenvalue weighted by Gasteiger charge is 2.28. The highest BCUT2D eigenvalue weighted by molar-refractivity contribution is 5.78. The van der Waals surface area contributed by atoms with Crippen LogP contribution in [-0.4, -0.2) is 45.5 Å². The molecule has 4 rings (SSSR count). The van der Waals surface area contributed by atoms with E-state index in [1.807, 2.05) is 55.1 Å². The summed E-state index contributed by atoms with van der Waals surface area (Å²) in [5.74, 6) is 2.47. The van der Waals surface area contributed by atoms with Gasteiger partial charge in [0.25, 0.3) is 0 Å². The lowest BCUT2D eigenvalue weighted by Crippen LogP contribution is -2.41. The van der Waals surface area contributed by atoms with Crippen molar-refractivity contribution in [1.82, 2.24) is 19.4 Å². The molecule has 1 aromatic carbocycles. The number of hydrogen-bond acceptors (Lipinski definition) is 5. The van der Waals surface area contributed by atoms with Crippen molar-refractivity contribution >= 4 is 17.1 Å². The number of imidazole rings is 1. The zero-order valence-corrected chi connectivity index (χ0v) is 17.7. The number of carbonyl (C=O) groups is 1. The zero-order valence-electron chi connectivity index (χ0n) is 17.7. The molecule has 30 heavy (non-hydrogen) atoms. The molecule has 0 N–H and O–H groups in total. The number of methoxy groups -OCH3 is 1. The summed E-state index contributed by atoms with van der Waals surface area (Å²) in [5, 5.41) is 0. The van der Waals surface area contributed by atoms with Gasteiger partial charge < -0.3 is 18.9 Å². The fourth-order valence-electron chi connectivity index (χ4n) is 4.05. The van der Waals surface area contributed by atoms with Gasteiger partial charge in [0.1, 0.15) is 17.9 Å². The molecule has 158 valence electrons. The predicted octanol–water partition coefficient (Wildman–Crippen LogP) is 3.84. The summed E-state index contributed by atoms with van der Waals surface area (Å²) in [6.07, 6.45) is 3.55. The van der Waals surface area contributed by atoms with E-state index in [1.54, 1.807) is 13.3 Å². The molecule has 1 aliphatic rings. The van der Waals surface area contributed by atoms with Gasteiger partial charge in [0, 0.05) is 31.2 Å². The number of hydrogen-bond donors (Lipinski definition) is 0. The Bertz CT molecular complexity index is 1020. The quantitative estimate of drug-likeness (QED) is 0.620. The van der Waals surface area contributed by atoms with Crippen molar-refractivity contribution in [3.63, 3.8) is 0 Å². The molecule has 0 unspecified atom stereocenters. The molecule has 0 spiro atoms. The van der Waals surface area contributed by atoms with E-state index in [0.717, 1.165) is 42.9 Å². The standard InChI is InChI=1S/C23H28N4O3/c1-16(2)23(28)26-13-10-17(11-14-26)27-21(25-18-7-6-12-24-22(18)27)15-30-20-9-5-4-8-19(20)29-3/h4-9,12,16-17H,10-11,13-15H2,1-3H3. The third-order valence-electron chi connectivity index (χ3n) is 5.58. The summed E-state index contributed by atoms with van der Waals surface area (Å²) in [6, 6.07) is 11.7. The fourth-order valence-corrected chi connectivity index (χ4v) is 4.05. The first kappa shape index (κ1) is 20.2. The van der Waals surface area contributed by atoms with Crippen molar-refractivity contribution < 1.29 is 14.3 Å². The summed E-state index contributed by atoms with van der Waals surface area (Å²) in [5.41, 5.74) is 1.72. The molecule has 0 bridgehead atoms. The second-order valence-electron chi connectivity index (χ2n) is 7.89. The maximum atomic E-state index is 12.4. The minimum atomic E-state index is 0.0297. The highest BCUT2D eigenvalue weighted by atomic mass is 16.5. The molecule has 0 radical (unpaired) electrons.